The summed E-state index contributed by atoms with van der Waals surface area (Å²) in [4.78, 5) is 15.1. The molecule has 2 heterocycles. The van der Waals surface area contributed by atoms with Gasteiger partial charge in [-0.3, -0.25) is 4.79 Å². The maximum absolute atomic E-state index is 12.3. The number of halogens is 1. The summed E-state index contributed by atoms with van der Waals surface area (Å²) in [5, 5.41) is 0. The highest BCUT2D eigenvalue weighted by Crippen LogP contribution is 2.32. The molecule has 0 spiro atoms. The zero-order chi connectivity index (χ0) is 12.6. The summed E-state index contributed by atoms with van der Waals surface area (Å²) < 4.78 is 1.07. The number of piperidine rings is 1. The molecule has 0 aromatic carbocycles. The molecule has 1 fully saturated rings. The summed E-state index contributed by atoms with van der Waals surface area (Å²) in [5.74, 6) is 0.194. The minimum atomic E-state index is 0.194. The van der Waals surface area contributed by atoms with E-state index in [-0.39, 0.29) is 5.91 Å². The molecular weight excluding hydrogens is 298 g/mol. The van der Waals surface area contributed by atoms with Gasteiger partial charge in [0.15, 0.2) is 0 Å². The highest BCUT2D eigenvalue weighted by Gasteiger charge is 2.28. The number of nitrogens with zero attached hydrogens (tertiary/aromatic N) is 1. The lowest BCUT2D eigenvalue weighted by molar-refractivity contribution is 0.0635. The van der Waals surface area contributed by atoms with Gasteiger partial charge in [-0.2, -0.15) is 0 Å². The molecule has 0 atom stereocenters. The van der Waals surface area contributed by atoms with Crippen LogP contribution >= 0.6 is 27.3 Å². The highest BCUT2D eigenvalue weighted by molar-refractivity contribution is 9.11. The van der Waals surface area contributed by atoms with E-state index < -0.39 is 0 Å². The molecule has 2 rings (SSSR count). The normalized spacial score (nSPS) is 19.4. The van der Waals surface area contributed by atoms with E-state index in [0.29, 0.717) is 5.41 Å². The fourth-order valence-corrected chi connectivity index (χ4v) is 3.54. The van der Waals surface area contributed by atoms with Crippen molar-refractivity contribution in [2.45, 2.75) is 33.6 Å². The molecule has 0 saturated carbocycles. The Labute approximate surface area is 115 Å². The first-order chi connectivity index (χ1) is 7.89. The average molecular weight is 316 g/mol. The quantitative estimate of drug-likeness (QED) is 0.764. The Morgan fingerprint density at radius 3 is 2.47 bits per heavy atom. The van der Waals surface area contributed by atoms with E-state index in [4.69, 9.17) is 0 Å². The third kappa shape index (κ3) is 2.91. The zero-order valence-corrected chi connectivity index (χ0v) is 12.9. The SMILES string of the molecule is Cc1cc(C(=O)N2CCC(C)(C)CC2)sc1Br. The van der Waals surface area contributed by atoms with Gasteiger partial charge in [0, 0.05) is 13.1 Å². The third-order valence-electron chi connectivity index (χ3n) is 3.47. The molecule has 1 amide bonds. The van der Waals surface area contributed by atoms with Crippen LogP contribution in [0.3, 0.4) is 0 Å². The van der Waals surface area contributed by atoms with Crippen LogP contribution in [-0.4, -0.2) is 23.9 Å². The Balaban J connectivity index is 2.07. The predicted molar refractivity (Wildman–Crippen MR) is 75.7 cm³/mol. The molecule has 94 valence electrons. The Morgan fingerprint density at radius 2 is 2.00 bits per heavy atom. The molecule has 17 heavy (non-hydrogen) atoms. The average Bonchev–Trinajstić information content (AvgIpc) is 2.58. The first-order valence-corrected chi connectivity index (χ1v) is 7.55. The molecule has 0 radical (unpaired) electrons. The number of thiophene rings is 1. The van der Waals surface area contributed by atoms with Crippen molar-refractivity contribution in [1.82, 2.24) is 4.90 Å². The number of hydrogen-bond acceptors (Lipinski definition) is 2. The van der Waals surface area contributed by atoms with Crippen molar-refractivity contribution in [3.8, 4) is 0 Å². The standard InChI is InChI=1S/C13H18BrNOS/c1-9-8-10(17-11(9)14)12(16)15-6-4-13(2,3)5-7-15/h8H,4-7H2,1-3H3. The monoisotopic (exact) mass is 315 g/mol. The molecular formula is C13H18BrNOS. The number of hydrogen-bond donors (Lipinski definition) is 0. The van der Waals surface area contributed by atoms with Gasteiger partial charge in [0.2, 0.25) is 0 Å². The van der Waals surface area contributed by atoms with Crippen LogP contribution in [0, 0.1) is 12.3 Å². The van der Waals surface area contributed by atoms with Crippen molar-refractivity contribution in [2.75, 3.05) is 13.1 Å². The van der Waals surface area contributed by atoms with Gasteiger partial charge in [-0.1, -0.05) is 13.8 Å². The van der Waals surface area contributed by atoms with Crippen molar-refractivity contribution < 1.29 is 4.79 Å². The second-order valence-electron chi connectivity index (χ2n) is 5.52. The first kappa shape index (κ1) is 13.1. The molecule has 0 aliphatic carbocycles. The van der Waals surface area contributed by atoms with Crippen LogP contribution in [0.2, 0.25) is 0 Å². The molecule has 0 N–H and O–H groups in total. The molecule has 4 heteroatoms. The Bertz CT molecular complexity index is 409. The van der Waals surface area contributed by atoms with Gasteiger partial charge in [-0.05, 0) is 52.7 Å². The molecule has 1 aliphatic rings. The molecule has 0 bridgehead atoms. The minimum absolute atomic E-state index is 0.194. The van der Waals surface area contributed by atoms with E-state index >= 15 is 0 Å². The van der Waals surface area contributed by atoms with Crippen LogP contribution in [0.4, 0.5) is 0 Å². The van der Waals surface area contributed by atoms with Crippen molar-refractivity contribution in [1.29, 1.82) is 0 Å². The van der Waals surface area contributed by atoms with Crippen LogP contribution in [0.1, 0.15) is 41.9 Å². The molecule has 1 aromatic rings. The highest BCUT2D eigenvalue weighted by atomic mass is 79.9. The van der Waals surface area contributed by atoms with Gasteiger partial charge in [0.25, 0.3) is 5.91 Å². The smallest absolute Gasteiger partial charge is 0.263 e. The first-order valence-electron chi connectivity index (χ1n) is 5.94. The number of rotatable bonds is 1. The second kappa shape index (κ2) is 4.73. The molecule has 1 saturated heterocycles. The van der Waals surface area contributed by atoms with Gasteiger partial charge >= 0.3 is 0 Å². The second-order valence-corrected chi connectivity index (χ2v) is 7.89. The number of amides is 1. The fourth-order valence-electron chi connectivity index (χ4n) is 2.04. The van der Waals surface area contributed by atoms with Crippen LogP contribution in [0.5, 0.6) is 0 Å². The molecule has 1 aliphatic heterocycles. The van der Waals surface area contributed by atoms with Crippen LogP contribution in [0.15, 0.2) is 9.85 Å². The van der Waals surface area contributed by atoms with E-state index in [1.807, 2.05) is 17.9 Å². The summed E-state index contributed by atoms with van der Waals surface area (Å²) in [7, 11) is 0. The lowest BCUT2D eigenvalue weighted by Gasteiger charge is -2.36. The lowest BCUT2D eigenvalue weighted by Crippen LogP contribution is -2.40. The lowest BCUT2D eigenvalue weighted by atomic mass is 9.82. The van der Waals surface area contributed by atoms with Gasteiger partial charge in [-0.25, -0.2) is 0 Å². The van der Waals surface area contributed by atoms with Crippen LogP contribution < -0.4 is 0 Å². The summed E-state index contributed by atoms with van der Waals surface area (Å²) in [6.45, 7) is 8.36. The maximum atomic E-state index is 12.3. The van der Waals surface area contributed by atoms with Gasteiger partial charge in [0.05, 0.1) is 8.66 Å². The Hall–Kier alpha value is -0.350. The molecule has 0 unspecified atom stereocenters. The van der Waals surface area contributed by atoms with E-state index in [2.05, 4.69) is 29.8 Å². The van der Waals surface area contributed by atoms with Gasteiger partial charge < -0.3 is 4.90 Å². The number of likely N-dealkylation sites (tertiary alicyclic amines) is 1. The Morgan fingerprint density at radius 1 is 1.41 bits per heavy atom. The van der Waals surface area contributed by atoms with Crippen molar-refractivity contribution in [3.63, 3.8) is 0 Å². The topological polar surface area (TPSA) is 20.3 Å². The van der Waals surface area contributed by atoms with Crippen molar-refractivity contribution >= 4 is 33.2 Å². The van der Waals surface area contributed by atoms with Crippen LogP contribution in [-0.2, 0) is 0 Å². The third-order valence-corrected chi connectivity index (χ3v) is 5.60. The summed E-state index contributed by atoms with van der Waals surface area (Å²) in [6, 6.07) is 1.98. The summed E-state index contributed by atoms with van der Waals surface area (Å²) in [5.41, 5.74) is 1.54. The van der Waals surface area contributed by atoms with Gasteiger partial charge in [-0.15, -0.1) is 11.3 Å². The van der Waals surface area contributed by atoms with Crippen molar-refractivity contribution in [2.24, 2.45) is 5.41 Å². The molecule has 2 nitrogen and oxygen atoms in total. The van der Waals surface area contributed by atoms with E-state index in [1.165, 1.54) is 0 Å². The van der Waals surface area contributed by atoms with Crippen molar-refractivity contribution in [3.05, 3.63) is 20.3 Å². The summed E-state index contributed by atoms with van der Waals surface area (Å²) in [6.07, 6.45) is 2.20. The van der Waals surface area contributed by atoms with E-state index in [0.717, 1.165) is 40.2 Å². The number of carbonyl (C=O) groups is 1. The largest absolute Gasteiger partial charge is 0.338 e. The molecule has 1 aromatic heterocycles. The predicted octanol–water partition coefficient (Wildman–Crippen LogP) is 4.08. The fraction of sp³-hybridized carbons (Fsp3) is 0.615. The van der Waals surface area contributed by atoms with E-state index in [1.54, 1.807) is 11.3 Å². The van der Waals surface area contributed by atoms with E-state index in [9.17, 15) is 4.79 Å². The van der Waals surface area contributed by atoms with Gasteiger partial charge in [0.1, 0.15) is 0 Å². The minimum Gasteiger partial charge on any atom is -0.338 e. The van der Waals surface area contributed by atoms with Crippen LogP contribution in [0.25, 0.3) is 0 Å². The maximum Gasteiger partial charge on any atom is 0.263 e. The number of carbonyl (C=O) groups excluding carboxylic acids is 1. The Kier molecular flexibility index (Phi) is 3.64. The zero-order valence-electron chi connectivity index (χ0n) is 10.5. The summed E-state index contributed by atoms with van der Waals surface area (Å²) >= 11 is 5.02. The number of aryl methyl sites for hydroxylation is 1.